The lowest BCUT2D eigenvalue weighted by atomic mass is 10.1. The molecule has 21 heavy (non-hydrogen) atoms. The summed E-state index contributed by atoms with van der Waals surface area (Å²) in [6.07, 6.45) is 9.39. The predicted molar refractivity (Wildman–Crippen MR) is 87.4 cm³/mol. The quantitative estimate of drug-likeness (QED) is 0.232. The summed E-state index contributed by atoms with van der Waals surface area (Å²) in [6.45, 7) is 2.11. The van der Waals surface area contributed by atoms with E-state index < -0.39 is 6.72 Å². The van der Waals surface area contributed by atoms with Crippen LogP contribution in [0.25, 0.3) is 0 Å². The smallest absolute Gasteiger partial charge is 0.330 e. The fourth-order valence-corrected chi connectivity index (χ4v) is 2.50. The Morgan fingerprint density at radius 2 is 1.71 bits per heavy atom. The lowest BCUT2D eigenvalue weighted by Crippen LogP contribution is -2.12. The lowest BCUT2D eigenvalue weighted by molar-refractivity contribution is -0.142. The van der Waals surface area contributed by atoms with Crippen LogP contribution in [-0.4, -0.2) is 28.5 Å². The number of carbonyl (C=O) groups is 1. The second-order valence-electron chi connectivity index (χ2n) is 5.04. The molecule has 0 rings (SSSR count). The van der Waals surface area contributed by atoms with Crippen molar-refractivity contribution in [3.05, 3.63) is 12.7 Å². The lowest BCUT2D eigenvalue weighted by Gasteiger charge is -2.11. The molecular formula is C14H27O5PS. The van der Waals surface area contributed by atoms with Gasteiger partial charge in [0.05, 0.1) is 12.7 Å². The first kappa shape index (κ1) is 20.7. The van der Waals surface area contributed by atoms with Crippen molar-refractivity contribution < 1.29 is 23.8 Å². The van der Waals surface area contributed by atoms with Gasteiger partial charge in [-0.15, -0.1) is 0 Å². The van der Waals surface area contributed by atoms with Crippen LogP contribution in [-0.2, 0) is 25.9 Å². The van der Waals surface area contributed by atoms with Gasteiger partial charge < -0.3 is 19.0 Å². The Balaban J connectivity index is 3.27. The van der Waals surface area contributed by atoms with Crippen LogP contribution in [0.4, 0.5) is 0 Å². The summed E-state index contributed by atoms with van der Waals surface area (Å²) in [5.41, 5.74) is 0. The molecule has 1 unspecified atom stereocenters. The van der Waals surface area contributed by atoms with Crippen molar-refractivity contribution in [1.29, 1.82) is 0 Å². The Morgan fingerprint density at radius 3 is 2.24 bits per heavy atom. The van der Waals surface area contributed by atoms with Crippen molar-refractivity contribution in [2.75, 3.05) is 6.61 Å². The Morgan fingerprint density at radius 1 is 1.19 bits per heavy atom. The average Bonchev–Trinajstić information content (AvgIpc) is 2.39. The van der Waals surface area contributed by atoms with Gasteiger partial charge >= 0.3 is 12.7 Å². The number of esters is 1. The highest BCUT2D eigenvalue weighted by atomic mass is 32.5. The second kappa shape index (κ2) is 12.3. The van der Waals surface area contributed by atoms with E-state index >= 15 is 0 Å². The van der Waals surface area contributed by atoms with Gasteiger partial charge in [-0.3, -0.25) is 0 Å². The summed E-state index contributed by atoms with van der Waals surface area (Å²) in [5.74, 6) is -0.360. The van der Waals surface area contributed by atoms with E-state index in [1.807, 2.05) is 6.92 Å². The molecule has 124 valence electrons. The highest BCUT2D eigenvalue weighted by Crippen LogP contribution is 2.36. The van der Waals surface area contributed by atoms with E-state index in [0.717, 1.165) is 51.4 Å². The van der Waals surface area contributed by atoms with Crippen molar-refractivity contribution in [1.82, 2.24) is 0 Å². The highest BCUT2D eigenvalue weighted by molar-refractivity contribution is 8.06. The van der Waals surface area contributed by atoms with Gasteiger partial charge in [0.2, 0.25) is 0 Å². The molecule has 0 aromatic rings. The minimum atomic E-state index is -3.47. The van der Waals surface area contributed by atoms with E-state index in [4.69, 9.17) is 19.0 Å². The van der Waals surface area contributed by atoms with Crippen LogP contribution in [0.3, 0.4) is 0 Å². The fourth-order valence-electron chi connectivity index (χ4n) is 1.91. The van der Waals surface area contributed by atoms with E-state index in [1.54, 1.807) is 0 Å². The summed E-state index contributed by atoms with van der Waals surface area (Å²) in [7, 11) is 0. The molecule has 0 aliphatic heterocycles. The van der Waals surface area contributed by atoms with Crippen LogP contribution in [0.5, 0.6) is 0 Å². The first-order chi connectivity index (χ1) is 9.85. The number of unbranched alkanes of at least 4 members (excludes halogenated alkanes) is 6. The predicted octanol–water partition coefficient (Wildman–Crippen LogP) is 3.45. The van der Waals surface area contributed by atoms with Crippen LogP contribution >= 0.6 is 6.72 Å². The summed E-state index contributed by atoms with van der Waals surface area (Å²) in [4.78, 5) is 28.7. The largest absolute Gasteiger partial charge is 0.460 e. The maximum Gasteiger partial charge on any atom is 0.330 e. The van der Waals surface area contributed by atoms with Crippen LogP contribution in [0.1, 0.15) is 58.3 Å². The van der Waals surface area contributed by atoms with Crippen molar-refractivity contribution in [3.63, 3.8) is 0 Å². The Kier molecular flexibility index (Phi) is 12.1. The molecule has 0 saturated heterocycles. The standard InChI is InChI=1S/C14H27O5PS/c1-3-14(15)19-13(2)11-9-7-5-4-6-8-10-12-18-20(16,17)21/h3,13H,1,4-12H2,2H3,(H2,16,17,21). The molecule has 0 aromatic heterocycles. The topological polar surface area (TPSA) is 76.0 Å². The van der Waals surface area contributed by atoms with Gasteiger partial charge in [0.1, 0.15) is 0 Å². The first-order valence-corrected chi connectivity index (χ1v) is 10.0. The highest BCUT2D eigenvalue weighted by Gasteiger charge is 2.07. The summed E-state index contributed by atoms with van der Waals surface area (Å²) >= 11 is 4.35. The van der Waals surface area contributed by atoms with E-state index in [-0.39, 0.29) is 12.1 Å². The SMILES string of the molecule is C=CC(=O)OC(C)CCCCCCCCCOP(O)(O)=S. The van der Waals surface area contributed by atoms with Gasteiger partial charge in [0.25, 0.3) is 0 Å². The molecule has 0 spiro atoms. The van der Waals surface area contributed by atoms with Gasteiger partial charge in [-0.1, -0.05) is 38.7 Å². The van der Waals surface area contributed by atoms with Gasteiger partial charge in [-0.05, 0) is 38.0 Å². The van der Waals surface area contributed by atoms with Gasteiger partial charge in [-0.2, -0.15) is 0 Å². The monoisotopic (exact) mass is 338 g/mol. The fraction of sp³-hybridized carbons (Fsp3) is 0.786. The molecule has 5 nitrogen and oxygen atoms in total. The van der Waals surface area contributed by atoms with Gasteiger partial charge in [-0.25, -0.2) is 4.79 Å². The van der Waals surface area contributed by atoms with Crippen LogP contribution in [0, 0.1) is 0 Å². The zero-order valence-corrected chi connectivity index (χ0v) is 14.4. The third-order valence-corrected chi connectivity index (χ3v) is 3.83. The first-order valence-electron chi connectivity index (χ1n) is 7.38. The minimum Gasteiger partial charge on any atom is -0.460 e. The number of hydrogen-bond donors (Lipinski definition) is 2. The van der Waals surface area contributed by atoms with E-state index in [0.29, 0.717) is 6.61 Å². The molecular weight excluding hydrogens is 311 g/mol. The minimum absolute atomic E-state index is 0.0494. The van der Waals surface area contributed by atoms with E-state index in [1.165, 1.54) is 6.08 Å². The molecule has 0 amide bonds. The molecule has 0 heterocycles. The zero-order chi connectivity index (χ0) is 16.1. The average molecular weight is 338 g/mol. The number of carbonyl (C=O) groups excluding carboxylic acids is 1. The van der Waals surface area contributed by atoms with Crippen LogP contribution < -0.4 is 0 Å². The molecule has 0 saturated carbocycles. The summed E-state index contributed by atoms with van der Waals surface area (Å²) < 4.78 is 9.81. The molecule has 2 N–H and O–H groups in total. The molecule has 0 radical (unpaired) electrons. The molecule has 0 aliphatic carbocycles. The van der Waals surface area contributed by atoms with Crippen molar-refractivity contribution in [2.45, 2.75) is 64.4 Å². The van der Waals surface area contributed by atoms with Crippen molar-refractivity contribution in [3.8, 4) is 0 Å². The van der Waals surface area contributed by atoms with Crippen molar-refractivity contribution >= 4 is 24.5 Å². The van der Waals surface area contributed by atoms with E-state index in [2.05, 4.69) is 18.4 Å². The van der Waals surface area contributed by atoms with Crippen molar-refractivity contribution in [2.24, 2.45) is 0 Å². The normalized spacial score (nSPS) is 12.9. The zero-order valence-electron chi connectivity index (χ0n) is 12.7. The Labute approximate surface area is 132 Å². The Bertz CT molecular complexity index is 342. The van der Waals surface area contributed by atoms with Gasteiger partial charge in [0, 0.05) is 6.08 Å². The molecule has 1 atom stereocenters. The molecule has 0 aromatic carbocycles. The summed E-state index contributed by atoms with van der Waals surface area (Å²) in [6, 6.07) is 0. The number of ether oxygens (including phenoxy) is 1. The third kappa shape index (κ3) is 15.9. The molecule has 0 bridgehead atoms. The third-order valence-electron chi connectivity index (χ3n) is 3.00. The second-order valence-corrected chi connectivity index (χ2v) is 7.71. The summed E-state index contributed by atoms with van der Waals surface area (Å²) in [5, 5.41) is 0. The number of rotatable bonds is 13. The molecule has 0 fully saturated rings. The van der Waals surface area contributed by atoms with Crippen LogP contribution in [0.15, 0.2) is 12.7 Å². The number of hydrogen-bond acceptors (Lipinski definition) is 4. The maximum absolute atomic E-state index is 11.0. The Hall–Kier alpha value is -0.260. The molecule has 0 aliphatic rings. The van der Waals surface area contributed by atoms with Crippen LogP contribution in [0.2, 0.25) is 0 Å². The molecule has 7 heteroatoms. The van der Waals surface area contributed by atoms with E-state index in [9.17, 15) is 4.79 Å². The maximum atomic E-state index is 11.0. The van der Waals surface area contributed by atoms with Gasteiger partial charge in [0.15, 0.2) is 0 Å².